The Morgan fingerprint density at radius 3 is 2.59 bits per heavy atom. The van der Waals surface area contributed by atoms with Gasteiger partial charge in [-0.3, -0.25) is 4.79 Å². The number of aliphatic hydroxyl groups excluding tert-OH is 2. The van der Waals surface area contributed by atoms with E-state index in [0.29, 0.717) is 17.3 Å². The number of allylic oxidation sites excluding steroid dienone is 2. The number of hydrogen-bond donors (Lipinski definition) is 2. The molecule has 6 nitrogen and oxygen atoms in total. The van der Waals surface area contributed by atoms with Crippen LogP contribution in [0.2, 0.25) is 0 Å². The molecule has 9 atom stereocenters. The highest BCUT2D eigenvalue weighted by molar-refractivity contribution is 5.66. The van der Waals surface area contributed by atoms with E-state index in [0.717, 1.165) is 19.3 Å². The van der Waals surface area contributed by atoms with E-state index in [-0.39, 0.29) is 5.41 Å². The van der Waals surface area contributed by atoms with E-state index in [1.165, 1.54) is 31.8 Å². The predicted octanol–water partition coefficient (Wildman–Crippen LogP) is 4.93. The first-order valence-corrected chi connectivity index (χ1v) is 12.9. The largest absolute Gasteiger partial charge is 0.457 e. The standard InChI is InChI=1S/C28H46O6/c1-9-27(7,34-25-23(31)24(33-19(4)29)22(30)18(3)32-25)16-13-20-17(2)11-12-21-26(5,6)14-10-15-28(20,21)8/h9,11,18,20-25,30-31H,1,10,12-16H2,2-8H3/t18-,20-,21-,22-,23+,24+,25-,27-,28+/m0/s1. The van der Waals surface area contributed by atoms with Crippen LogP contribution in [0.1, 0.15) is 87.0 Å². The number of esters is 1. The molecule has 0 radical (unpaired) electrons. The highest BCUT2D eigenvalue weighted by atomic mass is 16.7. The Kier molecular flexibility index (Phi) is 8.08. The van der Waals surface area contributed by atoms with Crippen molar-refractivity contribution in [3.63, 3.8) is 0 Å². The van der Waals surface area contributed by atoms with Gasteiger partial charge in [-0.05, 0) is 75.5 Å². The number of carbonyl (C=O) groups is 1. The van der Waals surface area contributed by atoms with Crippen molar-refractivity contribution < 1.29 is 29.2 Å². The summed E-state index contributed by atoms with van der Waals surface area (Å²) in [4.78, 5) is 11.5. The minimum atomic E-state index is -1.30. The molecule has 2 aliphatic carbocycles. The Morgan fingerprint density at radius 1 is 1.29 bits per heavy atom. The maximum atomic E-state index is 11.5. The van der Waals surface area contributed by atoms with Crippen LogP contribution in [0.5, 0.6) is 0 Å². The molecule has 2 N–H and O–H groups in total. The van der Waals surface area contributed by atoms with Crippen LogP contribution >= 0.6 is 0 Å². The van der Waals surface area contributed by atoms with E-state index in [9.17, 15) is 15.0 Å². The maximum absolute atomic E-state index is 11.5. The molecule has 3 aliphatic rings. The van der Waals surface area contributed by atoms with Crippen molar-refractivity contribution in [2.45, 2.75) is 123 Å². The van der Waals surface area contributed by atoms with Crippen LogP contribution < -0.4 is 0 Å². The lowest BCUT2D eigenvalue weighted by molar-refractivity contribution is -0.314. The van der Waals surface area contributed by atoms with Gasteiger partial charge < -0.3 is 24.4 Å². The molecular formula is C28H46O6. The molecule has 1 saturated carbocycles. The van der Waals surface area contributed by atoms with Crippen LogP contribution in [0, 0.1) is 22.7 Å². The summed E-state index contributed by atoms with van der Waals surface area (Å²) < 4.78 is 17.3. The van der Waals surface area contributed by atoms with Gasteiger partial charge in [0.2, 0.25) is 0 Å². The van der Waals surface area contributed by atoms with Gasteiger partial charge in [-0.15, -0.1) is 6.58 Å². The Morgan fingerprint density at radius 2 is 1.97 bits per heavy atom. The van der Waals surface area contributed by atoms with Crippen molar-refractivity contribution in [3.8, 4) is 0 Å². The quantitative estimate of drug-likeness (QED) is 0.399. The molecule has 6 heteroatoms. The van der Waals surface area contributed by atoms with Crippen LogP contribution in [0.15, 0.2) is 24.3 Å². The van der Waals surface area contributed by atoms with Gasteiger partial charge in [0.1, 0.15) is 12.2 Å². The van der Waals surface area contributed by atoms with E-state index in [1.54, 1.807) is 13.0 Å². The number of ether oxygens (including phenoxy) is 3. The number of hydrogen-bond acceptors (Lipinski definition) is 6. The molecule has 0 spiro atoms. The average Bonchev–Trinajstić information content (AvgIpc) is 2.73. The summed E-state index contributed by atoms with van der Waals surface area (Å²) in [7, 11) is 0. The summed E-state index contributed by atoms with van der Waals surface area (Å²) in [5.41, 5.74) is 1.30. The molecule has 0 unspecified atom stereocenters. The summed E-state index contributed by atoms with van der Waals surface area (Å²) in [6, 6.07) is 0. The summed E-state index contributed by atoms with van der Waals surface area (Å²) >= 11 is 0. The molecule has 0 amide bonds. The first kappa shape index (κ1) is 27.4. The van der Waals surface area contributed by atoms with Gasteiger partial charge in [0, 0.05) is 6.92 Å². The Balaban J connectivity index is 1.75. The van der Waals surface area contributed by atoms with Crippen molar-refractivity contribution in [3.05, 3.63) is 24.3 Å². The fourth-order valence-corrected chi connectivity index (χ4v) is 7.03. The third kappa shape index (κ3) is 5.30. The fraction of sp³-hybridized carbons (Fsp3) is 0.821. The number of aliphatic hydroxyl groups is 2. The minimum absolute atomic E-state index is 0.253. The van der Waals surface area contributed by atoms with Crippen molar-refractivity contribution in [2.75, 3.05) is 0 Å². The molecule has 1 heterocycles. The van der Waals surface area contributed by atoms with Crippen LogP contribution in [0.4, 0.5) is 0 Å². The Bertz CT molecular complexity index is 790. The molecule has 0 bridgehead atoms. The molecule has 1 saturated heterocycles. The van der Waals surface area contributed by atoms with Gasteiger partial charge in [-0.2, -0.15) is 0 Å². The first-order chi connectivity index (χ1) is 15.7. The zero-order chi connectivity index (χ0) is 25.5. The maximum Gasteiger partial charge on any atom is 0.303 e. The lowest BCUT2D eigenvalue weighted by Gasteiger charge is -2.57. The van der Waals surface area contributed by atoms with Crippen molar-refractivity contribution in [1.82, 2.24) is 0 Å². The monoisotopic (exact) mass is 478 g/mol. The Labute approximate surface area is 205 Å². The molecule has 1 aliphatic heterocycles. The molecule has 3 rings (SSSR count). The summed E-state index contributed by atoms with van der Waals surface area (Å²) in [6.45, 7) is 18.5. The third-order valence-corrected chi connectivity index (χ3v) is 9.13. The van der Waals surface area contributed by atoms with Gasteiger partial charge in [-0.25, -0.2) is 0 Å². The molecule has 194 valence electrons. The molecule has 34 heavy (non-hydrogen) atoms. The zero-order valence-electron chi connectivity index (χ0n) is 22.2. The van der Waals surface area contributed by atoms with Crippen LogP contribution in [-0.4, -0.2) is 52.5 Å². The van der Waals surface area contributed by atoms with Gasteiger partial charge in [0.15, 0.2) is 12.4 Å². The Hall–Kier alpha value is -1.21. The van der Waals surface area contributed by atoms with Crippen LogP contribution in [0.3, 0.4) is 0 Å². The predicted molar refractivity (Wildman–Crippen MR) is 132 cm³/mol. The summed E-state index contributed by atoms with van der Waals surface area (Å²) in [5.74, 6) is 0.550. The second kappa shape index (κ2) is 10.0. The second-order valence-electron chi connectivity index (χ2n) is 12.1. The van der Waals surface area contributed by atoms with Gasteiger partial charge in [0.25, 0.3) is 0 Å². The van der Waals surface area contributed by atoms with E-state index < -0.39 is 42.3 Å². The second-order valence-corrected chi connectivity index (χ2v) is 12.1. The minimum Gasteiger partial charge on any atom is -0.457 e. The van der Waals surface area contributed by atoms with E-state index >= 15 is 0 Å². The van der Waals surface area contributed by atoms with Gasteiger partial charge in [-0.1, -0.05) is 44.9 Å². The van der Waals surface area contributed by atoms with E-state index in [4.69, 9.17) is 14.2 Å². The normalized spacial score (nSPS) is 41.6. The highest BCUT2D eigenvalue weighted by Gasteiger charge is 2.52. The number of rotatable bonds is 7. The molecule has 2 fully saturated rings. The van der Waals surface area contributed by atoms with Crippen molar-refractivity contribution in [1.29, 1.82) is 0 Å². The SMILES string of the molecule is C=C[C@@](C)(CC[C@H]1C(C)=CC[C@H]2C(C)(C)CCC[C@]12C)O[C@@H]1O[C@@H](C)[C@H](O)[C@@H](OC(C)=O)[C@H]1O. The fourth-order valence-electron chi connectivity index (χ4n) is 7.03. The summed E-state index contributed by atoms with van der Waals surface area (Å²) in [5, 5.41) is 21.2. The molecule has 0 aromatic carbocycles. The van der Waals surface area contributed by atoms with E-state index in [1.807, 2.05) is 6.92 Å². The molecule has 0 aromatic rings. The summed E-state index contributed by atoms with van der Waals surface area (Å²) in [6.07, 6.45) is 5.60. The third-order valence-electron chi connectivity index (χ3n) is 9.13. The van der Waals surface area contributed by atoms with Crippen molar-refractivity contribution in [2.24, 2.45) is 22.7 Å². The average molecular weight is 479 g/mol. The van der Waals surface area contributed by atoms with Crippen LogP contribution in [0.25, 0.3) is 0 Å². The number of fused-ring (bicyclic) bond motifs is 1. The van der Waals surface area contributed by atoms with Gasteiger partial charge in [0.05, 0.1) is 11.7 Å². The number of carbonyl (C=O) groups excluding carboxylic acids is 1. The lowest BCUT2D eigenvalue weighted by Crippen LogP contribution is -2.60. The molecular weight excluding hydrogens is 432 g/mol. The highest BCUT2D eigenvalue weighted by Crippen LogP contribution is 2.60. The smallest absolute Gasteiger partial charge is 0.303 e. The topological polar surface area (TPSA) is 85.2 Å². The van der Waals surface area contributed by atoms with Crippen molar-refractivity contribution >= 4 is 5.97 Å². The lowest BCUT2D eigenvalue weighted by atomic mass is 9.48. The van der Waals surface area contributed by atoms with Crippen LogP contribution in [-0.2, 0) is 19.0 Å². The van der Waals surface area contributed by atoms with Gasteiger partial charge >= 0.3 is 5.97 Å². The van der Waals surface area contributed by atoms with E-state index in [2.05, 4.69) is 40.3 Å². The zero-order valence-corrected chi connectivity index (χ0v) is 22.2. The first-order valence-electron chi connectivity index (χ1n) is 12.9. The molecule has 0 aromatic heterocycles.